The fraction of sp³-hybridized carbons (Fsp3) is 0.571. The third kappa shape index (κ3) is 8.20. The molecular weight excluding hydrogens is 342 g/mol. The summed E-state index contributed by atoms with van der Waals surface area (Å²) in [5.74, 6) is 0. The number of nitrogens with one attached hydrogen (secondary N) is 1. The van der Waals surface area contributed by atoms with Crippen molar-refractivity contribution >= 4 is 17.0 Å². The third-order valence-electron chi connectivity index (χ3n) is 3.51. The Morgan fingerprint density at radius 3 is 1.96 bits per heavy atom. The van der Waals surface area contributed by atoms with Crippen molar-refractivity contribution in [2.75, 3.05) is 0 Å². The van der Waals surface area contributed by atoms with Gasteiger partial charge in [0.2, 0.25) is 0 Å². The van der Waals surface area contributed by atoms with Crippen molar-refractivity contribution in [1.29, 1.82) is 0 Å². The topological polar surface area (TPSA) is 23.8 Å². The molecule has 1 aliphatic rings. The van der Waals surface area contributed by atoms with Gasteiger partial charge in [-0.05, 0) is 18.3 Å². The molecule has 0 saturated heterocycles. The molecule has 0 aromatic heterocycles. The van der Waals surface area contributed by atoms with Crippen LogP contribution in [0.25, 0.3) is 16.5 Å². The largest absolute Gasteiger partial charge is 0.165 e. The average Bonchev–Trinajstić information content (AvgIpc) is 2.77. The van der Waals surface area contributed by atoms with Crippen LogP contribution in [0.2, 0.25) is 13.1 Å². The second-order valence-corrected chi connectivity index (χ2v) is 15.7. The molecule has 0 fully saturated rings. The van der Waals surface area contributed by atoms with E-state index in [4.69, 9.17) is 5.73 Å². The van der Waals surface area contributed by atoms with Gasteiger partial charge in [-0.15, -0.1) is 40.1 Å². The van der Waals surface area contributed by atoms with Gasteiger partial charge < -0.3 is 5.73 Å². The molecule has 1 aliphatic carbocycles. The first kappa shape index (κ1) is 21.8. The van der Waals surface area contributed by atoms with Crippen LogP contribution < -0.4 is 0 Å². The summed E-state index contributed by atoms with van der Waals surface area (Å²) in [6, 6.07) is 9.38. The number of hydrogen-bond acceptors (Lipinski definition) is 0. The standard InChI is InChI=1S/C15H17.C4H10N.C2H6Si.Ti/c1-10-4-11-6-13-8-15(2,3)9-14(13)7-12(11)5-10;1-4(2,3)5;1-3-2;/h4-7H,8-9H2,1-3H3;5H,1-3H3;1-2H3;/q2*-1;;+2. The normalized spacial score (nSPS) is 15.1. The first-order valence-corrected chi connectivity index (χ1v) is 13.6. The van der Waals surface area contributed by atoms with Crippen LogP contribution in [0.1, 0.15) is 51.3 Å². The van der Waals surface area contributed by atoms with Crippen molar-refractivity contribution in [3.8, 4) is 0 Å². The fourth-order valence-corrected chi connectivity index (χ4v) is 2.93. The van der Waals surface area contributed by atoms with Crippen LogP contribution in [0.15, 0.2) is 24.3 Å². The number of fused-ring (bicyclic) bond motifs is 2. The molecule has 2 aromatic carbocycles. The Morgan fingerprint density at radius 1 is 1.08 bits per heavy atom. The Hall–Kier alpha value is -0.279. The van der Waals surface area contributed by atoms with E-state index < -0.39 is 0 Å². The Balaban J connectivity index is 0.000000270. The van der Waals surface area contributed by atoms with Crippen molar-refractivity contribution in [2.45, 2.75) is 73.0 Å². The molecule has 0 atom stereocenters. The molecule has 2 aromatic rings. The van der Waals surface area contributed by atoms with Gasteiger partial charge in [0.15, 0.2) is 0 Å². The Kier molecular flexibility index (Phi) is 7.62. The second-order valence-electron chi connectivity index (χ2n) is 9.05. The quantitative estimate of drug-likeness (QED) is 0.365. The van der Waals surface area contributed by atoms with Crippen LogP contribution in [0.5, 0.6) is 0 Å². The van der Waals surface area contributed by atoms with E-state index in [0.717, 1.165) is 0 Å². The maximum Gasteiger partial charge on any atom is -0.0237 e. The minimum absolute atomic E-state index is 0.120. The Labute approximate surface area is 161 Å². The maximum atomic E-state index is 6.94. The molecule has 3 rings (SSSR count). The fourth-order valence-electron chi connectivity index (χ4n) is 2.93. The van der Waals surface area contributed by atoms with Crippen LogP contribution in [-0.2, 0) is 32.0 Å². The van der Waals surface area contributed by atoms with Gasteiger partial charge in [0.25, 0.3) is 0 Å². The monoisotopic (exact) mass is 375 g/mol. The van der Waals surface area contributed by atoms with Crippen LogP contribution in [-0.4, -0.2) is 11.7 Å². The smallest absolute Gasteiger partial charge is 0.0237 e. The van der Waals surface area contributed by atoms with Gasteiger partial charge in [0, 0.05) is 0 Å². The molecule has 1 nitrogen and oxygen atoms in total. The van der Waals surface area contributed by atoms with Gasteiger partial charge in [-0.25, -0.2) is 0 Å². The van der Waals surface area contributed by atoms with Crippen molar-refractivity contribution in [3.05, 3.63) is 46.7 Å². The van der Waals surface area contributed by atoms with E-state index in [1.54, 1.807) is 11.1 Å². The molecule has 0 aliphatic heterocycles. The van der Waals surface area contributed by atoms with Gasteiger partial charge >= 0.3 is 38.5 Å². The number of aryl methyl sites for hydroxylation is 1. The van der Waals surface area contributed by atoms with Crippen molar-refractivity contribution in [3.63, 3.8) is 0 Å². The predicted molar refractivity (Wildman–Crippen MR) is 107 cm³/mol. The molecule has 3 heteroatoms. The summed E-state index contributed by atoms with van der Waals surface area (Å²) < 4.78 is 0. The zero-order chi connectivity index (χ0) is 18.7. The van der Waals surface area contributed by atoms with E-state index in [1.807, 2.05) is 20.8 Å². The van der Waals surface area contributed by atoms with E-state index in [1.165, 1.54) is 29.2 Å². The summed E-state index contributed by atoms with van der Waals surface area (Å²) in [6.07, 6.45) is 2.60. The van der Waals surface area contributed by atoms with E-state index in [0.29, 0.717) is 5.41 Å². The molecular formula is C21H33NSiTi. The molecule has 0 heterocycles. The molecule has 0 unspecified atom stereocenters. The first-order valence-electron chi connectivity index (χ1n) is 8.72. The average molecular weight is 375 g/mol. The van der Waals surface area contributed by atoms with Gasteiger partial charge in [-0.2, -0.15) is 6.07 Å². The van der Waals surface area contributed by atoms with Gasteiger partial charge in [-0.1, -0.05) is 52.7 Å². The van der Waals surface area contributed by atoms with E-state index in [-0.39, 0.29) is 11.7 Å². The molecule has 0 spiro atoms. The SMILES string of the molecule is CC(C)(C)[NH-].C[Si](C)=[Ti+2].Cc1cc2cc3c(cc2[cH-]1)CC(C)(C)C3. The second kappa shape index (κ2) is 8.40. The third-order valence-corrected chi connectivity index (χ3v) is 3.51. The molecule has 0 radical (unpaired) electrons. The summed E-state index contributed by atoms with van der Waals surface area (Å²) in [7, 11) is 0. The molecule has 0 bridgehead atoms. The minimum Gasteiger partial charge on any atom is -0.165 e. The van der Waals surface area contributed by atoms with Crippen LogP contribution in [0, 0.1) is 12.3 Å². The van der Waals surface area contributed by atoms with Gasteiger partial charge in [0.05, 0.1) is 0 Å². The predicted octanol–water partition coefficient (Wildman–Crippen LogP) is 6.61. The number of hydrogen-bond donors (Lipinski definition) is 0. The molecule has 0 saturated carbocycles. The summed E-state index contributed by atoms with van der Waals surface area (Å²) in [5, 5.41) is 2.84. The first-order chi connectivity index (χ1) is 10.8. The number of benzene rings is 1. The summed E-state index contributed by atoms with van der Waals surface area (Å²) in [5.41, 5.74) is 11.7. The molecule has 130 valence electrons. The summed E-state index contributed by atoms with van der Waals surface area (Å²) >= 11 is 2.27. The van der Waals surface area contributed by atoms with Crippen LogP contribution in [0.4, 0.5) is 0 Å². The summed E-state index contributed by atoms with van der Waals surface area (Å²) in [4.78, 5) is 0. The Bertz CT molecular complexity index is 649. The summed E-state index contributed by atoms with van der Waals surface area (Å²) in [6.45, 7) is 17.0. The minimum atomic E-state index is -0.250. The van der Waals surface area contributed by atoms with Crippen molar-refractivity contribution in [1.82, 2.24) is 0 Å². The Morgan fingerprint density at radius 2 is 1.50 bits per heavy atom. The van der Waals surface area contributed by atoms with Crippen LogP contribution >= 0.6 is 0 Å². The zero-order valence-electron chi connectivity index (χ0n) is 16.7. The van der Waals surface area contributed by atoms with Gasteiger partial charge in [0.1, 0.15) is 0 Å². The van der Waals surface area contributed by atoms with Crippen molar-refractivity contribution in [2.24, 2.45) is 5.41 Å². The molecule has 0 amide bonds. The zero-order valence-corrected chi connectivity index (χ0v) is 19.3. The molecule has 1 N–H and O–H groups in total. The van der Waals surface area contributed by atoms with E-state index >= 15 is 0 Å². The maximum absolute atomic E-state index is 6.94. The molecule has 24 heavy (non-hydrogen) atoms. The van der Waals surface area contributed by atoms with Crippen LogP contribution in [0.3, 0.4) is 0 Å². The van der Waals surface area contributed by atoms with E-state index in [9.17, 15) is 0 Å². The number of rotatable bonds is 0. The van der Waals surface area contributed by atoms with Crippen molar-refractivity contribution < 1.29 is 19.2 Å². The van der Waals surface area contributed by atoms with Gasteiger partial charge in [-0.3, -0.25) is 0 Å². The van der Waals surface area contributed by atoms with E-state index in [2.05, 4.69) is 77.3 Å².